The number of H-pyrrole nitrogens is 2. The molecule has 0 spiro atoms. The number of hydrogen-bond acceptors (Lipinski definition) is 3. The molecule has 1 fully saturated rings. The Morgan fingerprint density at radius 2 is 2.11 bits per heavy atom. The number of benzene rings is 1. The molecule has 2 N–H and O–H groups in total. The summed E-state index contributed by atoms with van der Waals surface area (Å²) in [7, 11) is 0. The monoisotopic (exact) mass is 258 g/mol. The van der Waals surface area contributed by atoms with Crippen molar-refractivity contribution in [2.45, 2.75) is 25.8 Å². The smallest absolute Gasteiger partial charge is 0.297 e. The molecule has 3 rings (SSSR count). The van der Waals surface area contributed by atoms with Crippen molar-refractivity contribution in [2.24, 2.45) is 0 Å². The molecule has 0 aliphatic carbocycles. The Balaban J connectivity index is 1.89. The van der Waals surface area contributed by atoms with Crippen LogP contribution in [0.15, 0.2) is 29.1 Å². The van der Waals surface area contributed by atoms with Gasteiger partial charge in [-0.15, -0.1) is 0 Å². The van der Waals surface area contributed by atoms with Gasteiger partial charge in [0.1, 0.15) is 0 Å². The lowest BCUT2D eigenvalue weighted by molar-refractivity contribution is 0.263. The van der Waals surface area contributed by atoms with E-state index in [2.05, 4.69) is 39.1 Å². The second-order valence-electron chi connectivity index (χ2n) is 5.07. The molecule has 0 radical (unpaired) electrons. The zero-order valence-electron chi connectivity index (χ0n) is 11.0. The number of aromatic nitrogens is 3. The molecular formula is C14H18N4O. The molecule has 1 aliphatic heterocycles. The van der Waals surface area contributed by atoms with Crippen molar-refractivity contribution in [1.29, 1.82) is 0 Å². The van der Waals surface area contributed by atoms with Gasteiger partial charge < -0.3 is 0 Å². The van der Waals surface area contributed by atoms with Crippen LogP contribution >= 0.6 is 0 Å². The van der Waals surface area contributed by atoms with Crippen molar-refractivity contribution in [3.8, 4) is 11.4 Å². The van der Waals surface area contributed by atoms with Gasteiger partial charge in [0.15, 0.2) is 5.82 Å². The minimum atomic E-state index is -0.270. The molecule has 5 nitrogen and oxygen atoms in total. The Morgan fingerprint density at radius 1 is 1.32 bits per heavy atom. The van der Waals surface area contributed by atoms with Crippen molar-refractivity contribution in [1.82, 2.24) is 20.1 Å². The standard InChI is InChI=1S/C14H18N4O/c1-10(18-7-2-3-8-18)11-5-4-6-12(9-11)13-15-14(19)17-16-13/h4-6,9-10H,2-3,7-8H2,1H3,(H2,15,16,17,19)/t10-/m0/s1. The number of nitrogens with zero attached hydrogens (tertiary/aromatic N) is 2. The summed E-state index contributed by atoms with van der Waals surface area (Å²) < 4.78 is 0. The van der Waals surface area contributed by atoms with E-state index >= 15 is 0 Å². The summed E-state index contributed by atoms with van der Waals surface area (Å²) in [5.41, 5.74) is 1.94. The summed E-state index contributed by atoms with van der Waals surface area (Å²) in [4.78, 5) is 16.3. The normalized spacial score (nSPS) is 17.7. The number of aromatic amines is 2. The average Bonchev–Trinajstić information content (AvgIpc) is 3.09. The van der Waals surface area contributed by atoms with Gasteiger partial charge in [-0.25, -0.2) is 9.89 Å². The minimum absolute atomic E-state index is 0.270. The highest BCUT2D eigenvalue weighted by Crippen LogP contribution is 2.26. The van der Waals surface area contributed by atoms with Crippen LogP contribution in [0, 0.1) is 0 Å². The first-order chi connectivity index (χ1) is 9.24. The van der Waals surface area contributed by atoms with Crippen LogP contribution in [-0.2, 0) is 0 Å². The van der Waals surface area contributed by atoms with E-state index in [4.69, 9.17) is 0 Å². The van der Waals surface area contributed by atoms with E-state index in [-0.39, 0.29) is 5.69 Å². The molecule has 5 heteroatoms. The molecule has 0 saturated carbocycles. The number of rotatable bonds is 3. The summed E-state index contributed by atoms with van der Waals surface area (Å²) in [6, 6.07) is 8.64. The summed E-state index contributed by atoms with van der Waals surface area (Å²) in [5.74, 6) is 0.598. The lowest BCUT2D eigenvalue weighted by Gasteiger charge is -2.24. The van der Waals surface area contributed by atoms with E-state index < -0.39 is 0 Å². The Kier molecular flexibility index (Phi) is 3.21. The van der Waals surface area contributed by atoms with Crippen LogP contribution in [0.25, 0.3) is 11.4 Å². The molecule has 1 aromatic carbocycles. The number of hydrogen-bond donors (Lipinski definition) is 2. The topological polar surface area (TPSA) is 64.8 Å². The van der Waals surface area contributed by atoms with Gasteiger partial charge in [-0.1, -0.05) is 18.2 Å². The predicted octanol–water partition coefficient (Wildman–Crippen LogP) is 1.92. The van der Waals surface area contributed by atoms with Crippen molar-refractivity contribution >= 4 is 0 Å². The van der Waals surface area contributed by atoms with E-state index in [1.165, 1.54) is 31.5 Å². The summed E-state index contributed by atoms with van der Waals surface area (Å²) in [6.45, 7) is 4.58. The average molecular weight is 258 g/mol. The van der Waals surface area contributed by atoms with Gasteiger partial charge in [0.2, 0.25) is 0 Å². The Bertz CT molecular complexity index is 610. The van der Waals surface area contributed by atoms with Crippen LogP contribution in [0.2, 0.25) is 0 Å². The van der Waals surface area contributed by atoms with Crippen LogP contribution in [0.1, 0.15) is 31.4 Å². The molecule has 1 saturated heterocycles. The molecule has 2 heterocycles. The van der Waals surface area contributed by atoms with Gasteiger partial charge in [-0.05, 0) is 44.5 Å². The molecule has 2 aromatic rings. The zero-order valence-corrected chi connectivity index (χ0v) is 11.0. The van der Waals surface area contributed by atoms with Gasteiger partial charge in [0.25, 0.3) is 0 Å². The van der Waals surface area contributed by atoms with Crippen LogP contribution < -0.4 is 5.69 Å². The van der Waals surface area contributed by atoms with Gasteiger partial charge in [-0.3, -0.25) is 9.88 Å². The van der Waals surface area contributed by atoms with Gasteiger partial charge in [0, 0.05) is 11.6 Å². The van der Waals surface area contributed by atoms with Gasteiger partial charge in [-0.2, -0.15) is 5.10 Å². The third kappa shape index (κ3) is 2.46. The van der Waals surface area contributed by atoms with Crippen molar-refractivity contribution in [3.63, 3.8) is 0 Å². The molecule has 0 unspecified atom stereocenters. The largest absolute Gasteiger partial charge is 0.340 e. The van der Waals surface area contributed by atoms with Gasteiger partial charge >= 0.3 is 5.69 Å². The minimum Gasteiger partial charge on any atom is -0.297 e. The fraction of sp³-hybridized carbons (Fsp3) is 0.429. The number of likely N-dealkylation sites (tertiary alicyclic amines) is 1. The Labute approximate surface area is 111 Å². The number of nitrogens with one attached hydrogen (secondary N) is 2. The zero-order chi connectivity index (χ0) is 13.2. The lowest BCUT2D eigenvalue weighted by atomic mass is 10.0. The molecule has 100 valence electrons. The summed E-state index contributed by atoms with van der Waals surface area (Å²) in [6.07, 6.45) is 2.58. The van der Waals surface area contributed by atoms with Crippen molar-refractivity contribution < 1.29 is 0 Å². The second kappa shape index (κ2) is 5.01. The summed E-state index contributed by atoms with van der Waals surface area (Å²) >= 11 is 0. The quantitative estimate of drug-likeness (QED) is 0.884. The molecule has 1 atom stereocenters. The third-order valence-electron chi connectivity index (χ3n) is 3.83. The molecule has 1 aromatic heterocycles. The Morgan fingerprint density at radius 3 is 2.79 bits per heavy atom. The molecule has 1 aliphatic rings. The van der Waals surface area contributed by atoms with E-state index in [1.54, 1.807) is 0 Å². The van der Waals surface area contributed by atoms with Gasteiger partial charge in [0.05, 0.1) is 0 Å². The highest BCUT2D eigenvalue weighted by molar-refractivity contribution is 5.55. The molecule has 0 bridgehead atoms. The first kappa shape index (κ1) is 12.2. The highest BCUT2D eigenvalue weighted by Gasteiger charge is 2.19. The molecular weight excluding hydrogens is 240 g/mol. The maximum Gasteiger partial charge on any atom is 0.340 e. The lowest BCUT2D eigenvalue weighted by Crippen LogP contribution is -2.23. The molecule has 19 heavy (non-hydrogen) atoms. The fourth-order valence-corrected chi connectivity index (χ4v) is 2.69. The third-order valence-corrected chi connectivity index (χ3v) is 3.83. The van der Waals surface area contributed by atoms with Crippen molar-refractivity contribution in [3.05, 3.63) is 40.3 Å². The van der Waals surface area contributed by atoms with Crippen LogP contribution in [0.4, 0.5) is 0 Å². The Hall–Kier alpha value is -1.88. The van der Waals surface area contributed by atoms with Crippen molar-refractivity contribution in [2.75, 3.05) is 13.1 Å². The predicted molar refractivity (Wildman–Crippen MR) is 73.9 cm³/mol. The van der Waals surface area contributed by atoms with E-state index in [9.17, 15) is 4.79 Å². The maximum absolute atomic E-state index is 11.1. The summed E-state index contributed by atoms with van der Waals surface area (Å²) in [5, 5.41) is 6.38. The SMILES string of the molecule is C[C@@H](c1cccc(-c2n[nH]c(=O)[nH]2)c1)N1CCCC1. The van der Waals surface area contributed by atoms with E-state index in [0.29, 0.717) is 11.9 Å². The van der Waals surface area contributed by atoms with E-state index in [1.807, 2.05) is 12.1 Å². The van der Waals surface area contributed by atoms with Crippen LogP contribution in [0.3, 0.4) is 0 Å². The van der Waals surface area contributed by atoms with E-state index in [0.717, 1.165) is 5.56 Å². The molecule has 0 amide bonds. The first-order valence-corrected chi connectivity index (χ1v) is 6.73. The first-order valence-electron chi connectivity index (χ1n) is 6.73. The highest BCUT2D eigenvalue weighted by atomic mass is 16.1. The fourth-order valence-electron chi connectivity index (χ4n) is 2.69. The maximum atomic E-state index is 11.1. The van der Waals surface area contributed by atoms with Crippen LogP contribution in [0.5, 0.6) is 0 Å². The van der Waals surface area contributed by atoms with Crippen LogP contribution in [-0.4, -0.2) is 33.2 Å². The second-order valence-corrected chi connectivity index (χ2v) is 5.07.